The van der Waals surface area contributed by atoms with E-state index >= 15 is 0 Å². The molecule has 2 N–H and O–H groups in total. The topological polar surface area (TPSA) is 74.6 Å². The maximum absolute atomic E-state index is 9.92. The molecule has 0 saturated heterocycles. The van der Waals surface area contributed by atoms with Crippen LogP contribution >= 0.6 is 15.9 Å². The first kappa shape index (κ1) is 13.0. The number of halogens is 1. The Labute approximate surface area is 89.5 Å². The number of alkyl halides is 1. The zero-order valence-electron chi connectivity index (χ0n) is 6.37. The van der Waals surface area contributed by atoms with E-state index in [4.69, 9.17) is 10.2 Å². The molecule has 0 spiro atoms. The molecule has 0 fully saturated rings. The predicted molar refractivity (Wildman–Crippen MR) is 33.7 cm³/mol. The molecule has 6 heteroatoms. The molecule has 0 aliphatic rings. The van der Waals surface area contributed by atoms with Crippen LogP contribution in [0.1, 0.15) is 7.85 Å². The number of carboxylic acid groups (broad SMARTS) is 2. The summed E-state index contributed by atoms with van der Waals surface area (Å²) in [6.45, 7) is 0. The van der Waals surface area contributed by atoms with Gasteiger partial charge in [-0.3, -0.25) is 9.59 Å². The van der Waals surface area contributed by atoms with E-state index in [1.807, 2.05) is 0 Å². The summed E-state index contributed by atoms with van der Waals surface area (Å²) in [6, 6.07) is 0. The first-order valence-electron chi connectivity index (χ1n) is 2.12. The van der Waals surface area contributed by atoms with Gasteiger partial charge in [0.2, 0.25) is 0 Å². The molecule has 0 heterocycles. The standard InChI is InChI=1S/C4H5BrO4.Na.H/c5-2(4(8)9)1-3(6)7;;/h2H,1H2,(H,6,7)(H,8,9);;/q;+1;-1. The van der Waals surface area contributed by atoms with Gasteiger partial charge in [0.15, 0.2) is 0 Å². The van der Waals surface area contributed by atoms with Gasteiger partial charge in [0.25, 0.3) is 0 Å². The Bertz CT molecular complexity index is 142. The van der Waals surface area contributed by atoms with Crippen LogP contribution in [-0.2, 0) is 9.59 Å². The van der Waals surface area contributed by atoms with Gasteiger partial charge in [0, 0.05) is 0 Å². The molecule has 0 aliphatic carbocycles. The summed E-state index contributed by atoms with van der Waals surface area (Å²) in [5.74, 6) is -2.28. The number of carboxylic acids is 2. The molecule has 1 atom stereocenters. The number of rotatable bonds is 3. The van der Waals surface area contributed by atoms with Gasteiger partial charge in [0.05, 0.1) is 6.42 Å². The van der Waals surface area contributed by atoms with Crippen molar-refractivity contribution >= 4 is 27.9 Å². The van der Waals surface area contributed by atoms with E-state index in [2.05, 4.69) is 15.9 Å². The molecule has 0 aromatic rings. The van der Waals surface area contributed by atoms with Crippen LogP contribution in [0.5, 0.6) is 0 Å². The van der Waals surface area contributed by atoms with E-state index < -0.39 is 23.2 Å². The largest absolute Gasteiger partial charge is 1.00 e. The molecule has 0 bridgehead atoms. The Balaban J connectivity index is -0.000000320. The summed E-state index contributed by atoms with van der Waals surface area (Å²) in [7, 11) is 0. The predicted octanol–water partition coefficient (Wildman–Crippen LogP) is -2.57. The van der Waals surface area contributed by atoms with Crippen LogP contribution in [0.4, 0.5) is 0 Å². The van der Waals surface area contributed by atoms with E-state index in [0.717, 1.165) is 0 Å². The molecule has 1 unspecified atom stereocenters. The first-order valence-corrected chi connectivity index (χ1v) is 3.04. The van der Waals surface area contributed by atoms with E-state index in [0.29, 0.717) is 0 Å². The van der Waals surface area contributed by atoms with Crippen LogP contribution in [0.25, 0.3) is 0 Å². The van der Waals surface area contributed by atoms with Gasteiger partial charge in [-0.2, -0.15) is 0 Å². The van der Waals surface area contributed by atoms with Gasteiger partial charge in [-0.25, -0.2) is 0 Å². The third-order valence-electron chi connectivity index (χ3n) is 0.622. The van der Waals surface area contributed by atoms with Gasteiger partial charge < -0.3 is 11.6 Å². The molecule has 4 nitrogen and oxygen atoms in total. The number of carbonyl (C=O) groups is 2. The number of aliphatic carboxylic acids is 2. The van der Waals surface area contributed by atoms with Crippen LogP contribution in [0.3, 0.4) is 0 Å². The van der Waals surface area contributed by atoms with Gasteiger partial charge >= 0.3 is 41.5 Å². The van der Waals surface area contributed by atoms with Crippen molar-refractivity contribution in [3.8, 4) is 0 Å². The second-order valence-electron chi connectivity index (χ2n) is 1.40. The molecule has 0 aromatic heterocycles. The van der Waals surface area contributed by atoms with Crippen LogP contribution in [0.2, 0.25) is 0 Å². The number of hydrogen-bond acceptors (Lipinski definition) is 2. The fourth-order valence-corrected chi connectivity index (χ4v) is 0.518. The van der Waals surface area contributed by atoms with Crippen molar-refractivity contribution in [1.82, 2.24) is 0 Å². The summed E-state index contributed by atoms with van der Waals surface area (Å²) >= 11 is 2.66. The van der Waals surface area contributed by atoms with Crippen molar-refractivity contribution in [3.05, 3.63) is 0 Å². The molecule has 0 aromatic carbocycles. The Morgan fingerprint density at radius 3 is 2.00 bits per heavy atom. The molecule has 0 rings (SSSR count). The number of hydrogen-bond donors (Lipinski definition) is 2. The monoisotopic (exact) mass is 220 g/mol. The SMILES string of the molecule is O=C(O)CC(Br)C(=O)O.[H-].[Na+]. The van der Waals surface area contributed by atoms with Gasteiger partial charge in [0.1, 0.15) is 4.83 Å². The molecule has 0 aliphatic heterocycles. The van der Waals surface area contributed by atoms with Gasteiger partial charge in [-0.1, -0.05) is 15.9 Å². The maximum Gasteiger partial charge on any atom is 1.00 e. The fraction of sp³-hybridized carbons (Fsp3) is 0.500. The van der Waals surface area contributed by atoms with Crippen molar-refractivity contribution in [3.63, 3.8) is 0 Å². The van der Waals surface area contributed by atoms with Crippen LogP contribution in [0.15, 0.2) is 0 Å². The second kappa shape index (κ2) is 6.15. The maximum atomic E-state index is 9.92. The minimum Gasteiger partial charge on any atom is -1.00 e. The Kier molecular flexibility index (Phi) is 8.02. The first-order chi connectivity index (χ1) is 4.04. The minimum absolute atomic E-state index is 0. The van der Waals surface area contributed by atoms with E-state index in [9.17, 15) is 9.59 Å². The zero-order valence-corrected chi connectivity index (χ0v) is 8.96. The van der Waals surface area contributed by atoms with Crippen molar-refractivity contribution in [2.24, 2.45) is 0 Å². The summed E-state index contributed by atoms with van der Waals surface area (Å²) < 4.78 is 0. The normalized spacial score (nSPS) is 11.3. The van der Waals surface area contributed by atoms with Crippen LogP contribution in [0, 0.1) is 0 Å². The van der Waals surface area contributed by atoms with Crippen molar-refractivity contribution in [2.75, 3.05) is 0 Å². The fourth-order valence-electron chi connectivity index (χ4n) is 0.241. The smallest absolute Gasteiger partial charge is 1.00 e. The quantitative estimate of drug-likeness (QED) is 0.405. The molecular weight excluding hydrogens is 215 g/mol. The summed E-state index contributed by atoms with van der Waals surface area (Å²) in [5.41, 5.74) is 0. The second-order valence-corrected chi connectivity index (χ2v) is 2.51. The third-order valence-corrected chi connectivity index (χ3v) is 1.34. The van der Waals surface area contributed by atoms with E-state index in [1.54, 1.807) is 0 Å². The average Bonchev–Trinajstić information content (AvgIpc) is 1.63. The Hall–Kier alpha value is 0.420. The average molecular weight is 221 g/mol. The third kappa shape index (κ3) is 6.54. The van der Waals surface area contributed by atoms with Crippen molar-refractivity contribution in [1.29, 1.82) is 0 Å². The van der Waals surface area contributed by atoms with Crippen LogP contribution < -0.4 is 29.6 Å². The Morgan fingerprint density at radius 2 is 1.90 bits per heavy atom. The van der Waals surface area contributed by atoms with E-state index in [1.165, 1.54) is 0 Å². The molecule has 0 radical (unpaired) electrons. The van der Waals surface area contributed by atoms with Gasteiger partial charge in [-0.05, 0) is 0 Å². The van der Waals surface area contributed by atoms with Crippen molar-refractivity contribution in [2.45, 2.75) is 11.2 Å². The molecule has 54 valence electrons. The summed E-state index contributed by atoms with van der Waals surface area (Å²) in [4.78, 5) is 18.8. The summed E-state index contributed by atoms with van der Waals surface area (Å²) in [5, 5.41) is 16.2. The summed E-state index contributed by atoms with van der Waals surface area (Å²) in [6.07, 6.45) is -0.394. The zero-order chi connectivity index (χ0) is 7.44. The molecule has 0 amide bonds. The molecule has 0 saturated carbocycles. The van der Waals surface area contributed by atoms with Gasteiger partial charge in [-0.15, -0.1) is 0 Å². The van der Waals surface area contributed by atoms with Crippen LogP contribution in [-0.4, -0.2) is 27.0 Å². The Morgan fingerprint density at radius 1 is 1.50 bits per heavy atom. The minimum atomic E-state index is -1.16. The van der Waals surface area contributed by atoms with E-state index in [-0.39, 0.29) is 31.0 Å². The molecular formula is C4H6BrNaO4. The van der Waals surface area contributed by atoms with Crippen molar-refractivity contribution < 1.29 is 50.8 Å². The molecule has 10 heavy (non-hydrogen) atoms.